The van der Waals surface area contributed by atoms with E-state index in [0.717, 1.165) is 18.8 Å². The van der Waals surface area contributed by atoms with Crippen molar-refractivity contribution in [2.24, 2.45) is 0 Å². The van der Waals surface area contributed by atoms with E-state index in [-0.39, 0.29) is 6.09 Å². The highest BCUT2D eigenvalue weighted by molar-refractivity contribution is 5.68. The molecule has 1 fully saturated rings. The minimum atomic E-state index is -0.441. The summed E-state index contributed by atoms with van der Waals surface area (Å²) in [5.74, 6) is 0. The van der Waals surface area contributed by atoms with Gasteiger partial charge in [0.05, 0.1) is 18.1 Å². The molecule has 0 aromatic carbocycles. The van der Waals surface area contributed by atoms with Crippen molar-refractivity contribution in [2.75, 3.05) is 31.1 Å². The maximum Gasteiger partial charge on any atom is 0.410 e. The van der Waals surface area contributed by atoms with Crippen molar-refractivity contribution >= 4 is 11.8 Å². The van der Waals surface area contributed by atoms with Crippen LogP contribution in [0.2, 0.25) is 0 Å². The standard InChI is InChI=1S/C13H20N4O2/c1-13(2,3)19-12(18)17-8-6-16(7-9-17)11-4-5-14-15-10-11/h4-5,10H,6-9H2,1-3H3. The molecule has 0 saturated carbocycles. The van der Waals surface area contributed by atoms with E-state index in [0.29, 0.717) is 13.1 Å². The van der Waals surface area contributed by atoms with Crippen LogP contribution in [0.4, 0.5) is 10.5 Å². The Morgan fingerprint density at radius 2 is 1.89 bits per heavy atom. The van der Waals surface area contributed by atoms with Crippen LogP contribution in [0.5, 0.6) is 0 Å². The van der Waals surface area contributed by atoms with Crippen molar-refractivity contribution in [3.63, 3.8) is 0 Å². The lowest BCUT2D eigenvalue weighted by Crippen LogP contribution is -2.50. The van der Waals surface area contributed by atoms with E-state index in [4.69, 9.17) is 4.74 Å². The molecule has 0 atom stereocenters. The summed E-state index contributed by atoms with van der Waals surface area (Å²) < 4.78 is 5.36. The smallest absolute Gasteiger partial charge is 0.410 e. The third-order valence-electron chi connectivity index (χ3n) is 2.87. The molecule has 2 rings (SSSR count). The van der Waals surface area contributed by atoms with E-state index in [9.17, 15) is 4.79 Å². The number of rotatable bonds is 1. The highest BCUT2D eigenvalue weighted by atomic mass is 16.6. The van der Waals surface area contributed by atoms with E-state index >= 15 is 0 Å². The van der Waals surface area contributed by atoms with Crippen LogP contribution in [0.3, 0.4) is 0 Å². The second-order valence-electron chi connectivity index (χ2n) is 5.56. The number of hydrogen-bond donors (Lipinski definition) is 0. The van der Waals surface area contributed by atoms with Gasteiger partial charge in [-0.3, -0.25) is 0 Å². The predicted molar refractivity (Wildman–Crippen MR) is 72.1 cm³/mol. The summed E-state index contributed by atoms with van der Waals surface area (Å²) in [6.45, 7) is 8.53. The molecule has 0 aliphatic carbocycles. The fourth-order valence-electron chi connectivity index (χ4n) is 1.94. The molecule has 6 nitrogen and oxygen atoms in total. The van der Waals surface area contributed by atoms with Gasteiger partial charge in [-0.1, -0.05) is 0 Å². The third kappa shape index (κ3) is 3.81. The summed E-state index contributed by atoms with van der Waals surface area (Å²) in [6, 6.07) is 1.93. The first-order chi connectivity index (χ1) is 8.96. The Bertz CT molecular complexity index is 422. The lowest BCUT2D eigenvalue weighted by atomic mass is 10.2. The van der Waals surface area contributed by atoms with Crippen LogP contribution in [-0.2, 0) is 4.74 Å². The molecule has 104 valence electrons. The minimum absolute atomic E-state index is 0.236. The number of aromatic nitrogens is 2. The number of carbonyl (C=O) groups is 1. The molecule has 2 heterocycles. The van der Waals surface area contributed by atoms with Crippen LogP contribution in [0.1, 0.15) is 20.8 Å². The van der Waals surface area contributed by atoms with E-state index in [2.05, 4.69) is 15.1 Å². The molecule has 19 heavy (non-hydrogen) atoms. The largest absolute Gasteiger partial charge is 0.444 e. The molecule has 0 N–H and O–H groups in total. The molecule has 0 unspecified atom stereocenters. The zero-order valence-corrected chi connectivity index (χ0v) is 11.7. The average molecular weight is 264 g/mol. The first-order valence-electron chi connectivity index (χ1n) is 6.45. The van der Waals surface area contributed by atoms with Crippen LogP contribution in [-0.4, -0.2) is 53.0 Å². The minimum Gasteiger partial charge on any atom is -0.444 e. The molecular formula is C13H20N4O2. The Morgan fingerprint density at radius 3 is 2.42 bits per heavy atom. The lowest BCUT2D eigenvalue weighted by molar-refractivity contribution is 0.0240. The third-order valence-corrected chi connectivity index (χ3v) is 2.87. The number of amides is 1. The topological polar surface area (TPSA) is 58.6 Å². The Kier molecular flexibility index (Phi) is 3.87. The molecule has 0 radical (unpaired) electrons. The van der Waals surface area contributed by atoms with Gasteiger partial charge in [0.1, 0.15) is 5.60 Å². The van der Waals surface area contributed by atoms with Crippen LogP contribution in [0.25, 0.3) is 0 Å². The number of ether oxygens (including phenoxy) is 1. The molecule has 1 amide bonds. The molecular weight excluding hydrogens is 244 g/mol. The summed E-state index contributed by atoms with van der Waals surface area (Å²) in [7, 11) is 0. The Morgan fingerprint density at radius 1 is 1.21 bits per heavy atom. The van der Waals surface area contributed by atoms with Gasteiger partial charge in [-0.25, -0.2) is 4.79 Å². The molecule has 6 heteroatoms. The normalized spacial score (nSPS) is 16.4. The maximum atomic E-state index is 11.9. The van der Waals surface area contributed by atoms with Gasteiger partial charge in [-0.15, -0.1) is 0 Å². The Balaban J connectivity index is 1.88. The molecule has 1 aliphatic heterocycles. The second kappa shape index (κ2) is 5.42. The van der Waals surface area contributed by atoms with Gasteiger partial charge in [0.15, 0.2) is 0 Å². The summed E-state index contributed by atoms with van der Waals surface area (Å²) in [4.78, 5) is 15.9. The number of anilines is 1. The van der Waals surface area contributed by atoms with Gasteiger partial charge < -0.3 is 14.5 Å². The van der Waals surface area contributed by atoms with E-state index in [1.165, 1.54) is 0 Å². The van der Waals surface area contributed by atoms with Crippen LogP contribution in [0.15, 0.2) is 18.5 Å². The van der Waals surface area contributed by atoms with E-state index < -0.39 is 5.60 Å². The molecule has 1 aliphatic rings. The Labute approximate surface area is 113 Å². The van der Waals surface area contributed by atoms with E-state index in [1.807, 2.05) is 26.8 Å². The molecule has 0 bridgehead atoms. The van der Waals surface area contributed by atoms with E-state index in [1.54, 1.807) is 17.3 Å². The highest BCUT2D eigenvalue weighted by Crippen LogP contribution is 2.16. The van der Waals surface area contributed by atoms with Crippen molar-refractivity contribution in [1.82, 2.24) is 15.1 Å². The van der Waals surface area contributed by atoms with Crippen molar-refractivity contribution in [3.05, 3.63) is 18.5 Å². The van der Waals surface area contributed by atoms with Crippen LogP contribution >= 0.6 is 0 Å². The quantitative estimate of drug-likeness (QED) is 0.770. The zero-order chi connectivity index (χ0) is 13.9. The first-order valence-corrected chi connectivity index (χ1v) is 6.45. The number of hydrogen-bond acceptors (Lipinski definition) is 5. The van der Waals surface area contributed by atoms with Gasteiger partial charge in [-0.05, 0) is 26.8 Å². The van der Waals surface area contributed by atoms with Gasteiger partial charge in [0.2, 0.25) is 0 Å². The van der Waals surface area contributed by atoms with Crippen molar-refractivity contribution in [1.29, 1.82) is 0 Å². The molecule has 1 aromatic rings. The molecule has 1 saturated heterocycles. The summed E-state index contributed by atoms with van der Waals surface area (Å²) in [5, 5.41) is 7.63. The zero-order valence-electron chi connectivity index (χ0n) is 11.7. The first kappa shape index (κ1) is 13.6. The lowest BCUT2D eigenvalue weighted by Gasteiger charge is -2.36. The number of piperazine rings is 1. The van der Waals surface area contributed by atoms with Gasteiger partial charge >= 0.3 is 6.09 Å². The van der Waals surface area contributed by atoms with Crippen molar-refractivity contribution in [2.45, 2.75) is 26.4 Å². The predicted octanol–water partition coefficient (Wildman–Crippen LogP) is 1.53. The second-order valence-corrected chi connectivity index (χ2v) is 5.56. The maximum absolute atomic E-state index is 11.9. The van der Waals surface area contributed by atoms with Gasteiger partial charge in [-0.2, -0.15) is 10.2 Å². The SMILES string of the molecule is CC(C)(C)OC(=O)N1CCN(c2ccnnc2)CC1. The van der Waals surface area contributed by atoms with Crippen molar-refractivity contribution < 1.29 is 9.53 Å². The van der Waals surface area contributed by atoms with Crippen LogP contribution < -0.4 is 4.90 Å². The summed E-state index contributed by atoms with van der Waals surface area (Å²) in [6.07, 6.45) is 3.18. The number of nitrogens with zero attached hydrogens (tertiary/aromatic N) is 4. The monoisotopic (exact) mass is 264 g/mol. The van der Waals surface area contributed by atoms with Gasteiger partial charge in [0, 0.05) is 26.2 Å². The summed E-state index contributed by atoms with van der Waals surface area (Å²) >= 11 is 0. The van der Waals surface area contributed by atoms with Gasteiger partial charge in [0.25, 0.3) is 0 Å². The fraction of sp³-hybridized carbons (Fsp3) is 0.615. The fourth-order valence-corrected chi connectivity index (χ4v) is 1.94. The molecule has 0 spiro atoms. The highest BCUT2D eigenvalue weighted by Gasteiger charge is 2.25. The van der Waals surface area contributed by atoms with Crippen molar-refractivity contribution in [3.8, 4) is 0 Å². The number of carbonyl (C=O) groups excluding carboxylic acids is 1. The Hall–Kier alpha value is -1.85. The molecule has 1 aromatic heterocycles. The van der Waals surface area contributed by atoms with Crippen LogP contribution in [0, 0.1) is 0 Å². The average Bonchev–Trinajstić information content (AvgIpc) is 2.38. The summed E-state index contributed by atoms with van der Waals surface area (Å²) in [5.41, 5.74) is 0.599.